The predicted molar refractivity (Wildman–Crippen MR) is 85.1 cm³/mol. The molecule has 1 N–H and O–H groups in total. The Morgan fingerprint density at radius 1 is 1.17 bits per heavy atom. The van der Waals surface area contributed by atoms with Crippen LogP contribution < -0.4 is 5.32 Å². The number of aromatic nitrogens is 6. The minimum Gasteiger partial charge on any atom is -0.364 e. The largest absolute Gasteiger partial charge is 0.364 e. The lowest BCUT2D eigenvalue weighted by molar-refractivity contribution is 0.411. The summed E-state index contributed by atoms with van der Waals surface area (Å²) in [5.74, 6) is 1.44. The maximum absolute atomic E-state index is 4.37. The third kappa shape index (κ3) is 3.03. The molecule has 3 aromatic heterocycles. The quantitative estimate of drug-likeness (QED) is 0.779. The van der Waals surface area contributed by atoms with Gasteiger partial charge >= 0.3 is 0 Å². The summed E-state index contributed by atoms with van der Waals surface area (Å²) in [4.78, 5) is 12.6. The van der Waals surface area contributed by atoms with E-state index in [9.17, 15) is 0 Å². The lowest BCUT2D eigenvalue weighted by Crippen LogP contribution is -2.11. The highest BCUT2D eigenvalue weighted by atomic mass is 15.4. The van der Waals surface area contributed by atoms with Crippen LogP contribution in [0.3, 0.4) is 0 Å². The summed E-state index contributed by atoms with van der Waals surface area (Å²) < 4.78 is 1.73. The van der Waals surface area contributed by atoms with Crippen LogP contribution in [0.25, 0.3) is 5.69 Å². The van der Waals surface area contributed by atoms with Gasteiger partial charge in [0.25, 0.3) is 0 Å². The average Bonchev–Trinajstić information content (AvgIpc) is 3.02. The van der Waals surface area contributed by atoms with Crippen LogP contribution >= 0.6 is 0 Å². The number of hydrogen-bond donors (Lipinski definition) is 1. The molecule has 0 amide bonds. The Morgan fingerprint density at radius 2 is 2.04 bits per heavy atom. The summed E-state index contributed by atoms with van der Waals surface area (Å²) in [7, 11) is 0. The molecule has 1 fully saturated rings. The van der Waals surface area contributed by atoms with Gasteiger partial charge in [-0.25, -0.2) is 14.6 Å². The molecule has 1 saturated carbocycles. The first kappa shape index (κ1) is 13.8. The highest BCUT2D eigenvalue weighted by Crippen LogP contribution is 2.35. The zero-order valence-electron chi connectivity index (χ0n) is 12.6. The predicted octanol–water partition coefficient (Wildman–Crippen LogP) is 2.33. The van der Waals surface area contributed by atoms with Crippen LogP contribution in [0, 0.1) is 0 Å². The molecule has 0 unspecified atom stereocenters. The van der Waals surface area contributed by atoms with Crippen LogP contribution in [-0.4, -0.2) is 29.9 Å². The van der Waals surface area contributed by atoms with Crippen molar-refractivity contribution in [2.45, 2.75) is 31.7 Å². The van der Waals surface area contributed by atoms with Gasteiger partial charge < -0.3 is 5.32 Å². The van der Waals surface area contributed by atoms with E-state index in [0.717, 1.165) is 22.9 Å². The molecule has 0 spiro atoms. The van der Waals surface area contributed by atoms with Crippen molar-refractivity contribution in [2.75, 3.05) is 5.32 Å². The molecule has 4 rings (SSSR count). The van der Waals surface area contributed by atoms with Crippen LogP contribution in [-0.2, 0) is 6.54 Å². The first-order valence-corrected chi connectivity index (χ1v) is 7.76. The Kier molecular flexibility index (Phi) is 3.67. The van der Waals surface area contributed by atoms with Crippen LogP contribution in [0.2, 0.25) is 0 Å². The molecule has 7 nitrogen and oxygen atoms in total. The molecule has 1 aliphatic carbocycles. The van der Waals surface area contributed by atoms with Crippen molar-refractivity contribution in [3.63, 3.8) is 0 Å². The second-order valence-corrected chi connectivity index (χ2v) is 5.67. The summed E-state index contributed by atoms with van der Waals surface area (Å²) in [5.41, 5.74) is 2.92. The van der Waals surface area contributed by atoms with E-state index in [-0.39, 0.29) is 0 Å². The summed E-state index contributed by atoms with van der Waals surface area (Å²) in [6.07, 6.45) is 10.8. The van der Waals surface area contributed by atoms with Crippen molar-refractivity contribution in [1.29, 1.82) is 0 Å². The zero-order chi connectivity index (χ0) is 15.5. The lowest BCUT2D eigenvalue weighted by atomic mass is 9.83. The van der Waals surface area contributed by atoms with E-state index in [1.807, 2.05) is 24.4 Å². The van der Waals surface area contributed by atoms with Crippen LogP contribution in [0.1, 0.15) is 36.6 Å². The summed E-state index contributed by atoms with van der Waals surface area (Å²) in [6.45, 7) is 0.576. The second-order valence-electron chi connectivity index (χ2n) is 5.67. The van der Waals surface area contributed by atoms with Gasteiger partial charge in [0.2, 0.25) is 0 Å². The molecule has 23 heavy (non-hydrogen) atoms. The van der Waals surface area contributed by atoms with Gasteiger partial charge in [-0.3, -0.25) is 4.98 Å². The summed E-state index contributed by atoms with van der Waals surface area (Å²) in [6, 6.07) is 5.82. The van der Waals surface area contributed by atoms with E-state index in [2.05, 4.69) is 30.6 Å². The summed E-state index contributed by atoms with van der Waals surface area (Å²) >= 11 is 0. The first-order chi connectivity index (χ1) is 11.4. The van der Waals surface area contributed by atoms with E-state index in [4.69, 9.17) is 0 Å². The van der Waals surface area contributed by atoms with Gasteiger partial charge in [-0.05, 0) is 25.0 Å². The van der Waals surface area contributed by atoms with Crippen LogP contribution in [0.5, 0.6) is 0 Å². The number of anilines is 1. The van der Waals surface area contributed by atoms with E-state index in [1.165, 1.54) is 19.3 Å². The highest BCUT2D eigenvalue weighted by Gasteiger charge is 2.21. The molecule has 0 aromatic carbocycles. The van der Waals surface area contributed by atoms with Gasteiger partial charge in [-0.2, -0.15) is 0 Å². The van der Waals surface area contributed by atoms with Crippen molar-refractivity contribution in [1.82, 2.24) is 29.9 Å². The normalized spacial score (nSPS) is 14.4. The SMILES string of the molecule is c1cc(-n2cc(CNc3cc(C4CCC4)ncn3)nn2)ccn1. The molecule has 0 bridgehead atoms. The topological polar surface area (TPSA) is 81.4 Å². The van der Waals surface area contributed by atoms with Gasteiger partial charge in [0.05, 0.1) is 18.4 Å². The Balaban J connectivity index is 1.42. The summed E-state index contributed by atoms with van der Waals surface area (Å²) in [5, 5.41) is 11.6. The van der Waals surface area contributed by atoms with E-state index >= 15 is 0 Å². The Morgan fingerprint density at radius 3 is 2.83 bits per heavy atom. The molecule has 3 aromatic rings. The molecule has 0 atom stereocenters. The fraction of sp³-hybridized carbons (Fsp3) is 0.312. The molecule has 0 radical (unpaired) electrons. The number of pyridine rings is 1. The molecule has 116 valence electrons. The van der Waals surface area contributed by atoms with E-state index in [0.29, 0.717) is 12.5 Å². The molecule has 0 aliphatic heterocycles. The molecule has 0 saturated heterocycles. The fourth-order valence-electron chi connectivity index (χ4n) is 2.58. The first-order valence-electron chi connectivity index (χ1n) is 7.76. The molecular formula is C16H17N7. The molecular weight excluding hydrogens is 290 g/mol. The minimum absolute atomic E-state index is 0.576. The molecule has 7 heteroatoms. The smallest absolute Gasteiger partial charge is 0.129 e. The highest BCUT2D eigenvalue weighted by molar-refractivity contribution is 5.37. The van der Waals surface area contributed by atoms with Gasteiger partial charge in [0, 0.05) is 30.1 Å². The van der Waals surface area contributed by atoms with Crippen LogP contribution in [0.15, 0.2) is 43.1 Å². The van der Waals surface area contributed by atoms with Gasteiger partial charge in [0.1, 0.15) is 17.8 Å². The van der Waals surface area contributed by atoms with Gasteiger partial charge in [0.15, 0.2) is 0 Å². The van der Waals surface area contributed by atoms with Crippen molar-refractivity contribution in [3.05, 3.63) is 54.5 Å². The second kappa shape index (κ2) is 6.12. The van der Waals surface area contributed by atoms with E-state index < -0.39 is 0 Å². The number of nitrogens with one attached hydrogen (secondary N) is 1. The van der Waals surface area contributed by atoms with Crippen molar-refractivity contribution >= 4 is 5.82 Å². The maximum atomic E-state index is 4.37. The zero-order valence-corrected chi connectivity index (χ0v) is 12.6. The monoisotopic (exact) mass is 307 g/mol. The third-order valence-corrected chi connectivity index (χ3v) is 4.13. The Hall–Kier alpha value is -2.83. The van der Waals surface area contributed by atoms with Crippen LogP contribution in [0.4, 0.5) is 5.82 Å². The molecule has 3 heterocycles. The van der Waals surface area contributed by atoms with Gasteiger partial charge in [-0.15, -0.1) is 5.10 Å². The minimum atomic E-state index is 0.576. The fourth-order valence-corrected chi connectivity index (χ4v) is 2.58. The Labute approximate surface area is 133 Å². The maximum Gasteiger partial charge on any atom is 0.129 e. The van der Waals surface area contributed by atoms with Gasteiger partial charge in [-0.1, -0.05) is 11.6 Å². The third-order valence-electron chi connectivity index (χ3n) is 4.13. The lowest BCUT2D eigenvalue weighted by Gasteiger charge is -2.24. The van der Waals surface area contributed by atoms with E-state index in [1.54, 1.807) is 23.4 Å². The van der Waals surface area contributed by atoms with Crippen molar-refractivity contribution in [2.24, 2.45) is 0 Å². The molecule has 1 aliphatic rings. The standard InChI is InChI=1S/C16H17N7/c1-2-12(3-1)15-8-16(20-11-19-15)18-9-13-10-23(22-21-13)14-4-6-17-7-5-14/h4-8,10-12H,1-3,9H2,(H,18,19,20). The number of nitrogens with zero attached hydrogens (tertiary/aromatic N) is 6. The Bertz CT molecular complexity index is 780. The average molecular weight is 307 g/mol. The number of hydrogen-bond acceptors (Lipinski definition) is 6. The van der Waals surface area contributed by atoms with Crippen molar-refractivity contribution < 1.29 is 0 Å². The number of rotatable bonds is 5. The van der Waals surface area contributed by atoms with Crippen molar-refractivity contribution in [3.8, 4) is 5.69 Å².